The highest BCUT2D eigenvalue weighted by molar-refractivity contribution is 5.92. The third kappa shape index (κ3) is 3.00. The minimum absolute atomic E-state index is 0.0717. The molecule has 0 radical (unpaired) electrons. The molecule has 0 spiro atoms. The van der Waals surface area contributed by atoms with Crippen LogP contribution in [0.15, 0.2) is 0 Å². The second kappa shape index (κ2) is 6.84. The first-order chi connectivity index (χ1) is 13.1. The Kier molecular flexibility index (Phi) is 4.86. The molecule has 0 N–H and O–H groups in total. The van der Waals surface area contributed by atoms with Crippen LogP contribution >= 0.6 is 0 Å². The van der Waals surface area contributed by atoms with Crippen molar-refractivity contribution in [3.8, 4) is 0 Å². The van der Waals surface area contributed by atoms with Gasteiger partial charge in [0.15, 0.2) is 11.9 Å². The van der Waals surface area contributed by atoms with Crippen LogP contribution < -0.4 is 0 Å². The number of ether oxygens (including phenoxy) is 2. The van der Waals surface area contributed by atoms with Crippen LogP contribution in [0.3, 0.4) is 0 Å². The van der Waals surface area contributed by atoms with E-state index >= 15 is 0 Å². The van der Waals surface area contributed by atoms with Crippen molar-refractivity contribution >= 4 is 17.7 Å². The molecule has 156 valence electrons. The number of hydrogen-bond donors (Lipinski definition) is 0. The molecular formula is C23H34O5. The van der Waals surface area contributed by atoms with Gasteiger partial charge in [-0.05, 0) is 80.5 Å². The van der Waals surface area contributed by atoms with Gasteiger partial charge in [0, 0.05) is 19.3 Å². The van der Waals surface area contributed by atoms with Gasteiger partial charge in [0.25, 0.3) is 0 Å². The summed E-state index contributed by atoms with van der Waals surface area (Å²) < 4.78 is 10.9. The van der Waals surface area contributed by atoms with Crippen LogP contribution in [0.25, 0.3) is 0 Å². The van der Waals surface area contributed by atoms with Gasteiger partial charge in [0.05, 0.1) is 0 Å². The maximum Gasteiger partial charge on any atom is 0.303 e. The van der Waals surface area contributed by atoms with Crippen LogP contribution in [-0.2, 0) is 23.9 Å². The molecule has 4 aliphatic rings. The lowest BCUT2D eigenvalue weighted by molar-refractivity contribution is -0.160. The van der Waals surface area contributed by atoms with E-state index in [4.69, 9.17) is 9.47 Å². The van der Waals surface area contributed by atoms with Crippen LogP contribution in [0.1, 0.15) is 79.1 Å². The third-order valence-electron chi connectivity index (χ3n) is 8.97. The smallest absolute Gasteiger partial charge is 0.303 e. The number of hydrogen-bond acceptors (Lipinski definition) is 5. The molecule has 28 heavy (non-hydrogen) atoms. The second-order valence-corrected chi connectivity index (χ2v) is 10.3. The van der Waals surface area contributed by atoms with E-state index in [0.717, 1.165) is 44.9 Å². The summed E-state index contributed by atoms with van der Waals surface area (Å²) in [6.45, 7) is 7.46. The number of Topliss-reactive ketones (excluding diaryl/α,β-unsaturated/α-hetero) is 1. The summed E-state index contributed by atoms with van der Waals surface area (Å²) in [5, 5.41) is 0. The normalized spacial score (nSPS) is 47.5. The molecule has 3 unspecified atom stereocenters. The summed E-state index contributed by atoms with van der Waals surface area (Å²) in [7, 11) is 0. The maximum atomic E-state index is 13.1. The molecule has 5 nitrogen and oxygen atoms in total. The van der Waals surface area contributed by atoms with Crippen LogP contribution in [0.5, 0.6) is 0 Å². The standard InChI is InChI=1S/C23H34O5/c1-13(24)27-16-7-9-22(3)15(11-16)5-6-17-18(22)8-10-23(4)19(17)12-20(21(23)26)28-14(2)25/h15-20H,5-12H2,1-4H3/t15-,16-,17?,18?,19?,20+,22-,23-/m0/s1. The average molecular weight is 391 g/mol. The number of carbonyl (C=O) groups is 3. The minimum Gasteiger partial charge on any atom is -0.463 e. The van der Waals surface area contributed by atoms with Gasteiger partial charge < -0.3 is 9.47 Å². The van der Waals surface area contributed by atoms with Crippen molar-refractivity contribution < 1.29 is 23.9 Å². The maximum absolute atomic E-state index is 13.1. The number of carbonyl (C=O) groups excluding carboxylic acids is 3. The van der Waals surface area contributed by atoms with Crippen molar-refractivity contribution in [3.05, 3.63) is 0 Å². The van der Waals surface area contributed by atoms with E-state index in [1.54, 1.807) is 0 Å². The van der Waals surface area contributed by atoms with E-state index in [-0.39, 0.29) is 34.7 Å². The molecule has 0 aliphatic heterocycles. The largest absolute Gasteiger partial charge is 0.463 e. The Morgan fingerprint density at radius 2 is 1.61 bits per heavy atom. The van der Waals surface area contributed by atoms with E-state index in [0.29, 0.717) is 30.1 Å². The zero-order valence-corrected chi connectivity index (χ0v) is 17.7. The Bertz CT molecular complexity index is 686. The van der Waals surface area contributed by atoms with Crippen LogP contribution in [0, 0.1) is 34.5 Å². The molecule has 5 heteroatoms. The summed E-state index contributed by atoms with van der Waals surface area (Å²) in [6.07, 6.45) is 7.54. The van der Waals surface area contributed by atoms with Crippen molar-refractivity contribution in [1.29, 1.82) is 0 Å². The fourth-order valence-electron chi connectivity index (χ4n) is 7.63. The first-order valence-corrected chi connectivity index (χ1v) is 11.0. The monoisotopic (exact) mass is 390 g/mol. The fourth-order valence-corrected chi connectivity index (χ4v) is 7.63. The predicted molar refractivity (Wildman–Crippen MR) is 103 cm³/mol. The van der Waals surface area contributed by atoms with Gasteiger partial charge in [0.1, 0.15) is 6.10 Å². The van der Waals surface area contributed by atoms with E-state index in [2.05, 4.69) is 13.8 Å². The molecule has 4 fully saturated rings. The van der Waals surface area contributed by atoms with Crippen LogP contribution in [0.2, 0.25) is 0 Å². The lowest BCUT2D eigenvalue weighted by Gasteiger charge is -2.60. The topological polar surface area (TPSA) is 69.7 Å². The molecule has 4 aliphatic carbocycles. The van der Waals surface area contributed by atoms with Gasteiger partial charge in [-0.1, -0.05) is 13.8 Å². The minimum atomic E-state index is -0.545. The summed E-state index contributed by atoms with van der Waals surface area (Å²) in [4.78, 5) is 35.9. The zero-order valence-electron chi connectivity index (χ0n) is 17.7. The van der Waals surface area contributed by atoms with Crippen molar-refractivity contribution in [1.82, 2.24) is 0 Å². The highest BCUT2D eigenvalue weighted by atomic mass is 16.5. The number of ketones is 1. The molecule has 0 aromatic carbocycles. The first-order valence-electron chi connectivity index (χ1n) is 11.0. The van der Waals surface area contributed by atoms with Gasteiger partial charge in [-0.15, -0.1) is 0 Å². The summed E-state index contributed by atoms with van der Waals surface area (Å²) >= 11 is 0. The third-order valence-corrected chi connectivity index (χ3v) is 8.97. The second-order valence-electron chi connectivity index (χ2n) is 10.3. The molecule has 0 bridgehead atoms. The first kappa shape index (κ1) is 19.9. The summed E-state index contributed by atoms with van der Waals surface area (Å²) in [5.74, 6) is 1.70. The summed E-state index contributed by atoms with van der Waals surface area (Å²) in [6, 6.07) is 0. The molecule has 4 rings (SSSR count). The van der Waals surface area contributed by atoms with Crippen LogP contribution in [0.4, 0.5) is 0 Å². The van der Waals surface area contributed by atoms with Gasteiger partial charge in [0.2, 0.25) is 0 Å². The van der Waals surface area contributed by atoms with E-state index in [1.807, 2.05) is 0 Å². The van der Waals surface area contributed by atoms with Gasteiger partial charge in [-0.2, -0.15) is 0 Å². The van der Waals surface area contributed by atoms with Crippen molar-refractivity contribution in [2.75, 3.05) is 0 Å². The molecule has 0 heterocycles. The predicted octanol–water partition coefficient (Wildman–Crippen LogP) is 4.07. The highest BCUT2D eigenvalue weighted by Crippen LogP contribution is 2.65. The molecule has 4 saturated carbocycles. The summed E-state index contributed by atoms with van der Waals surface area (Å²) in [5.41, 5.74) is -0.0666. The molecule has 0 aromatic rings. The van der Waals surface area contributed by atoms with Crippen molar-refractivity contribution in [2.45, 2.75) is 91.3 Å². The SMILES string of the molecule is CC(=O)O[C@H]1CC[C@]2(C)C3CC[C@]4(C)C(=O)[C@H](OC(C)=O)CC4C3CC[C@H]2C1. The van der Waals surface area contributed by atoms with Crippen molar-refractivity contribution in [2.24, 2.45) is 34.5 Å². The fraction of sp³-hybridized carbons (Fsp3) is 0.870. The Morgan fingerprint density at radius 3 is 2.29 bits per heavy atom. The lowest BCUT2D eigenvalue weighted by Crippen LogP contribution is -2.54. The van der Waals surface area contributed by atoms with E-state index < -0.39 is 6.10 Å². The van der Waals surface area contributed by atoms with E-state index in [9.17, 15) is 14.4 Å². The molecule has 0 aromatic heterocycles. The van der Waals surface area contributed by atoms with Gasteiger partial charge in [-0.25, -0.2) is 0 Å². The number of fused-ring (bicyclic) bond motifs is 5. The van der Waals surface area contributed by atoms with E-state index in [1.165, 1.54) is 13.8 Å². The molecular weight excluding hydrogens is 356 g/mol. The Balaban J connectivity index is 1.54. The lowest BCUT2D eigenvalue weighted by atomic mass is 9.45. The van der Waals surface area contributed by atoms with Gasteiger partial charge in [-0.3, -0.25) is 14.4 Å². The average Bonchev–Trinajstić information content (AvgIpc) is 2.86. The quantitative estimate of drug-likeness (QED) is 0.665. The van der Waals surface area contributed by atoms with Crippen LogP contribution in [-0.4, -0.2) is 29.9 Å². The zero-order chi connectivity index (χ0) is 20.3. The number of esters is 2. The Hall–Kier alpha value is -1.39. The van der Waals surface area contributed by atoms with Crippen molar-refractivity contribution in [3.63, 3.8) is 0 Å². The number of rotatable bonds is 2. The Labute approximate surface area is 167 Å². The highest BCUT2D eigenvalue weighted by Gasteiger charge is 2.63. The molecule has 0 amide bonds. The Morgan fingerprint density at radius 1 is 0.893 bits per heavy atom. The molecule has 0 saturated heterocycles. The van der Waals surface area contributed by atoms with Gasteiger partial charge >= 0.3 is 11.9 Å². The molecule has 8 atom stereocenters.